The van der Waals surface area contributed by atoms with E-state index in [0.717, 1.165) is 4.90 Å². The lowest BCUT2D eigenvalue weighted by Crippen LogP contribution is -2.40. The first-order valence-electron chi connectivity index (χ1n) is 7.91. The van der Waals surface area contributed by atoms with Crippen molar-refractivity contribution in [3.05, 3.63) is 41.9 Å². The van der Waals surface area contributed by atoms with Gasteiger partial charge in [-0.25, -0.2) is 4.79 Å². The molecule has 0 aliphatic heterocycles. The summed E-state index contributed by atoms with van der Waals surface area (Å²) in [6.45, 7) is 1.38. The molecule has 0 spiro atoms. The zero-order valence-corrected chi connectivity index (χ0v) is 15.3. The molecule has 0 aliphatic rings. The number of carboxylic acid groups (broad SMARTS) is 1. The van der Waals surface area contributed by atoms with Crippen LogP contribution in [0.4, 0.5) is 5.69 Å². The maximum absolute atomic E-state index is 12.8. The van der Waals surface area contributed by atoms with Crippen LogP contribution < -0.4 is 14.8 Å². The third kappa shape index (κ3) is 4.20. The van der Waals surface area contributed by atoms with Crippen LogP contribution in [0.5, 0.6) is 11.5 Å². The van der Waals surface area contributed by atoms with E-state index in [1.165, 1.54) is 52.7 Å². The number of nitrogens with one attached hydrogen (secondary N) is 1. The molecule has 144 valence electrons. The lowest BCUT2D eigenvalue weighted by Gasteiger charge is -2.23. The molecule has 2 rings (SSSR count). The molecule has 0 fully saturated rings. The minimum absolute atomic E-state index is 0.0446. The lowest BCUT2D eigenvalue weighted by molar-refractivity contribution is -0.141. The van der Waals surface area contributed by atoms with Crippen molar-refractivity contribution in [2.24, 2.45) is 0 Å². The highest BCUT2D eigenvalue weighted by Crippen LogP contribution is 2.34. The number of amides is 2. The van der Waals surface area contributed by atoms with Crippen LogP contribution >= 0.6 is 0 Å². The smallest absolute Gasteiger partial charge is 0.326 e. The molecule has 27 heavy (non-hydrogen) atoms. The number of methoxy groups -OCH3 is 2. The van der Waals surface area contributed by atoms with E-state index in [1.807, 2.05) is 0 Å². The molecule has 0 radical (unpaired) electrons. The molecule has 0 saturated carbocycles. The van der Waals surface area contributed by atoms with Gasteiger partial charge in [-0.2, -0.15) is 0 Å². The van der Waals surface area contributed by atoms with Crippen molar-refractivity contribution in [2.75, 3.05) is 26.6 Å². The van der Waals surface area contributed by atoms with Crippen LogP contribution in [0.3, 0.4) is 0 Å². The first kappa shape index (κ1) is 19.8. The number of anilines is 1. The second kappa shape index (κ2) is 8.26. The molecular weight excluding hydrogens is 356 g/mol. The van der Waals surface area contributed by atoms with E-state index in [1.54, 1.807) is 6.07 Å². The Morgan fingerprint density at radius 3 is 2.33 bits per heavy atom. The topological polar surface area (TPSA) is 118 Å². The van der Waals surface area contributed by atoms with Gasteiger partial charge in [-0.3, -0.25) is 9.59 Å². The predicted octanol–water partition coefficient (Wildman–Crippen LogP) is 2.09. The van der Waals surface area contributed by atoms with Gasteiger partial charge in [0.25, 0.3) is 11.8 Å². The van der Waals surface area contributed by atoms with Crippen molar-refractivity contribution in [1.82, 2.24) is 4.90 Å². The summed E-state index contributed by atoms with van der Waals surface area (Å²) in [5.41, 5.74) is 0.173. The average molecular weight is 376 g/mol. The van der Waals surface area contributed by atoms with Crippen LogP contribution in [0, 0.1) is 0 Å². The van der Waals surface area contributed by atoms with Crippen molar-refractivity contribution in [1.29, 1.82) is 0 Å². The number of rotatable bonds is 7. The molecule has 1 atom stereocenters. The van der Waals surface area contributed by atoms with Gasteiger partial charge in [-0.15, -0.1) is 0 Å². The van der Waals surface area contributed by atoms with Crippen molar-refractivity contribution < 1.29 is 33.4 Å². The SMILES string of the molecule is COc1cc(NC(=O)c2ccco2)c(C(=O)N(C)C(C)C(=O)O)cc1OC. The van der Waals surface area contributed by atoms with Gasteiger partial charge in [0.05, 0.1) is 31.7 Å². The first-order valence-corrected chi connectivity index (χ1v) is 7.91. The Hall–Kier alpha value is -3.49. The Kier molecular flexibility index (Phi) is 6.07. The van der Waals surface area contributed by atoms with Gasteiger partial charge in [0.2, 0.25) is 0 Å². The number of likely N-dealkylation sites (N-methyl/N-ethyl adjacent to an activating group) is 1. The zero-order valence-electron chi connectivity index (χ0n) is 15.3. The highest BCUT2D eigenvalue weighted by Gasteiger charge is 2.27. The maximum Gasteiger partial charge on any atom is 0.326 e. The molecule has 0 saturated heterocycles. The van der Waals surface area contributed by atoms with E-state index >= 15 is 0 Å². The summed E-state index contributed by atoms with van der Waals surface area (Å²) < 4.78 is 15.5. The maximum atomic E-state index is 12.8. The fraction of sp³-hybridized carbons (Fsp3) is 0.278. The summed E-state index contributed by atoms with van der Waals surface area (Å²) in [6, 6.07) is 4.75. The summed E-state index contributed by atoms with van der Waals surface area (Å²) in [4.78, 5) is 37.4. The normalized spacial score (nSPS) is 11.4. The third-order valence-electron chi connectivity index (χ3n) is 4.01. The van der Waals surface area contributed by atoms with Crippen LogP contribution in [0.15, 0.2) is 34.9 Å². The number of hydrogen-bond donors (Lipinski definition) is 2. The monoisotopic (exact) mass is 376 g/mol. The number of ether oxygens (including phenoxy) is 2. The number of benzene rings is 1. The fourth-order valence-corrected chi connectivity index (χ4v) is 2.28. The van der Waals surface area contributed by atoms with E-state index in [4.69, 9.17) is 19.0 Å². The standard InChI is InChI=1S/C18H20N2O7/c1-10(18(23)24)20(2)17(22)11-8-14(25-3)15(26-4)9-12(11)19-16(21)13-6-5-7-27-13/h5-10H,1-4H3,(H,19,21)(H,23,24). The summed E-state index contributed by atoms with van der Waals surface area (Å²) in [5.74, 6) is -1.75. The van der Waals surface area contributed by atoms with E-state index in [0.29, 0.717) is 0 Å². The average Bonchev–Trinajstić information content (AvgIpc) is 3.20. The second-order valence-corrected chi connectivity index (χ2v) is 5.61. The summed E-state index contributed by atoms with van der Waals surface area (Å²) in [6.07, 6.45) is 1.35. The molecule has 0 bridgehead atoms. The highest BCUT2D eigenvalue weighted by atomic mass is 16.5. The summed E-state index contributed by atoms with van der Waals surface area (Å²) in [7, 11) is 4.17. The molecule has 1 aromatic heterocycles. The minimum atomic E-state index is -1.16. The minimum Gasteiger partial charge on any atom is -0.493 e. The quantitative estimate of drug-likeness (QED) is 0.759. The van der Waals surface area contributed by atoms with E-state index < -0.39 is 23.8 Å². The number of hydrogen-bond acceptors (Lipinski definition) is 6. The number of carboxylic acids is 1. The second-order valence-electron chi connectivity index (χ2n) is 5.61. The molecule has 9 nitrogen and oxygen atoms in total. The van der Waals surface area contributed by atoms with Gasteiger partial charge in [0.1, 0.15) is 6.04 Å². The number of aliphatic carboxylic acids is 1. The van der Waals surface area contributed by atoms with Crippen molar-refractivity contribution in [3.8, 4) is 11.5 Å². The van der Waals surface area contributed by atoms with Crippen molar-refractivity contribution in [2.45, 2.75) is 13.0 Å². The number of carbonyl (C=O) groups excluding carboxylic acids is 2. The van der Waals surface area contributed by atoms with E-state index in [-0.39, 0.29) is 28.5 Å². The molecular formula is C18H20N2O7. The van der Waals surface area contributed by atoms with Gasteiger partial charge in [-0.05, 0) is 25.1 Å². The van der Waals surface area contributed by atoms with Crippen LogP contribution in [0.2, 0.25) is 0 Å². The van der Waals surface area contributed by atoms with Crippen molar-refractivity contribution in [3.63, 3.8) is 0 Å². The van der Waals surface area contributed by atoms with Crippen LogP contribution in [-0.2, 0) is 4.79 Å². The van der Waals surface area contributed by atoms with Gasteiger partial charge < -0.3 is 29.2 Å². The molecule has 1 aromatic carbocycles. The molecule has 1 unspecified atom stereocenters. The molecule has 2 N–H and O–H groups in total. The van der Waals surface area contributed by atoms with E-state index in [9.17, 15) is 14.4 Å². The Morgan fingerprint density at radius 1 is 1.19 bits per heavy atom. The largest absolute Gasteiger partial charge is 0.493 e. The Balaban J connectivity index is 2.48. The third-order valence-corrected chi connectivity index (χ3v) is 4.01. The van der Waals surface area contributed by atoms with Gasteiger partial charge in [0.15, 0.2) is 17.3 Å². The summed E-state index contributed by atoms with van der Waals surface area (Å²) in [5, 5.41) is 11.7. The van der Waals surface area contributed by atoms with Crippen molar-refractivity contribution >= 4 is 23.5 Å². The first-order chi connectivity index (χ1) is 12.8. The predicted molar refractivity (Wildman–Crippen MR) is 95.4 cm³/mol. The molecule has 2 amide bonds. The fourth-order valence-electron chi connectivity index (χ4n) is 2.28. The van der Waals surface area contributed by atoms with Crippen LogP contribution in [0.1, 0.15) is 27.8 Å². The number of carbonyl (C=O) groups is 3. The van der Waals surface area contributed by atoms with E-state index in [2.05, 4.69) is 5.32 Å². The lowest BCUT2D eigenvalue weighted by atomic mass is 10.1. The molecule has 1 heterocycles. The van der Waals surface area contributed by atoms with Gasteiger partial charge >= 0.3 is 5.97 Å². The van der Waals surface area contributed by atoms with Crippen LogP contribution in [-0.4, -0.2) is 55.1 Å². The van der Waals surface area contributed by atoms with Gasteiger partial charge in [0, 0.05) is 13.1 Å². The Morgan fingerprint density at radius 2 is 1.81 bits per heavy atom. The Bertz CT molecular complexity index is 846. The zero-order chi connectivity index (χ0) is 20.1. The number of nitrogens with zero attached hydrogens (tertiary/aromatic N) is 1. The highest BCUT2D eigenvalue weighted by molar-refractivity contribution is 6.09. The molecule has 9 heteroatoms. The molecule has 2 aromatic rings. The molecule has 0 aliphatic carbocycles. The number of furan rings is 1. The van der Waals surface area contributed by atoms with Crippen LogP contribution in [0.25, 0.3) is 0 Å². The Labute approximate surface area is 155 Å². The van der Waals surface area contributed by atoms with Gasteiger partial charge in [-0.1, -0.05) is 0 Å². The summed E-state index contributed by atoms with van der Waals surface area (Å²) >= 11 is 0.